The highest BCUT2D eigenvalue weighted by molar-refractivity contribution is 5.39. The molecule has 0 unspecified atom stereocenters. The third-order valence-electron chi connectivity index (χ3n) is 2.16. The highest BCUT2D eigenvalue weighted by Crippen LogP contribution is 2.15. The van der Waals surface area contributed by atoms with Crippen LogP contribution in [-0.2, 0) is 0 Å². The van der Waals surface area contributed by atoms with Crippen LogP contribution in [0, 0.1) is 0 Å². The number of fused-ring (bicyclic) bond motifs is 1. The van der Waals surface area contributed by atoms with Crippen LogP contribution in [0.2, 0.25) is 0 Å². The van der Waals surface area contributed by atoms with Crippen LogP contribution < -0.4 is 5.73 Å². The molecule has 2 heterocycles. The summed E-state index contributed by atoms with van der Waals surface area (Å²) in [6, 6.07) is 5.74. The third kappa shape index (κ3) is 1.62. The largest absolute Gasteiger partial charge is 0.387 e. The van der Waals surface area contributed by atoms with Gasteiger partial charge in [-0.3, -0.25) is 0 Å². The second-order valence-corrected chi connectivity index (χ2v) is 3.23. The fourth-order valence-electron chi connectivity index (χ4n) is 1.42. The Bertz CT molecular complexity index is 391. The first-order chi connectivity index (χ1) is 6.81. The lowest BCUT2D eigenvalue weighted by atomic mass is 10.2. The molecule has 0 saturated heterocycles. The van der Waals surface area contributed by atoms with E-state index in [9.17, 15) is 5.11 Å². The van der Waals surface area contributed by atoms with Crippen LogP contribution in [-0.4, -0.2) is 21.0 Å². The molecule has 0 radical (unpaired) electrons. The van der Waals surface area contributed by atoms with Gasteiger partial charge in [0.05, 0.1) is 11.8 Å². The maximum absolute atomic E-state index is 9.67. The molecule has 0 saturated carbocycles. The molecule has 0 aliphatic carbocycles. The number of pyridine rings is 1. The Hall–Kier alpha value is -1.39. The van der Waals surface area contributed by atoms with Crippen molar-refractivity contribution in [2.75, 3.05) is 6.54 Å². The van der Waals surface area contributed by atoms with E-state index in [2.05, 4.69) is 4.98 Å². The second-order valence-electron chi connectivity index (χ2n) is 3.23. The molecule has 2 aromatic rings. The summed E-state index contributed by atoms with van der Waals surface area (Å²) in [4.78, 5) is 4.29. The summed E-state index contributed by atoms with van der Waals surface area (Å²) in [5.74, 6) is 0. The maximum atomic E-state index is 9.67. The van der Waals surface area contributed by atoms with Gasteiger partial charge in [-0.05, 0) is 25.1 Å². The van der Waals surface area contributed by atoms with Crippen molar-refractivity contribution in [3.63, 3.8) is 0 Å². The molecule has 0 spiro atoms. The summed E-state index contributed by atoms with van der Waals surface area (Å²) in [6.45, 7) is 0.467. The van der Waals surface area contributed by atoms with Crippen molar-refractivity contribution in [2.45, 2.75) is 12.5 Å². The number of aromatic nitrogens is 2. The Kier molecular flexibility index (Phi) is 2.47. The van der Waals surface area contributed by atoms with Crippen LogP contribution in [0.4, 0.5) is 0 Å². The van der Waals surface area contributed by atoms with Crippen molar-refractivity contribution in [3.8, 4) is 0 Å². The quantitative estimate of drug-likeness (QED) is 0.751. The van der Waals surface area contributed by atoms with Gasteiger partial charge in [0.15, 0.2) is 0 Å². The Morgan fingerprint density at radius 2 is 2.36 bits per heavy atom. The number of hydrogen-bond donors (Lipinski definition) is 2. The summed E-state index contributed by atoms with van der Waals surface area (Å²) in [7, 11) is 0. The summed E-state index contributed by atoms with van der Waals surface area (Å²) in [5, 5.41) is 9.67. The monoisotopic (exact) mass is 191 g/mol. The molecule has 3 N–H and O–H groups in total. The zero-order chi connectivity index (χ0) is 9.97. The van der Waals surface area contributed by atoms with Gasteiger partial charge in [0, 0.05) is 12.4 Å². The maximum Gasteiger partial charge on any atom is 0.137 e. The second kappa shape index (κ2) is 3.77. The van der Waals surface area contributed by atoms with E-state index in [0.29, 0.717) is 18.7 Å². The molecule has 0 amide bonds. The van der Waals surface area contributed by atoms with Gasteiger partial charge in [0.25, 0.3) is 0 Å². The van der Waals surface area contributed by atoms with E-state index in [4.69, 9.17) is 5.73 Å². The van der Waals surface area contributed by atoms with Crippen molar-refractivity contribution in [2.24, 2.45) is 5.73 Å². The van der Waals surface area contributed by atoms with Gasteiger partial charge in [0.2, 0.25) is 0 Å². The topological polar surface area (TPSA) is 63.5 Å². The predicted molar refractivity (Wildman–Crippen MR) is 53.8 cm³/mol. The number of nitrogens with zero attached hydrogens (tertiary/aromatic N) is 2. The lowest BCUT2D eigenvalue weighted by Gasteiger charge is -2.03. The minimum Gasteiger partial charge on any atom is -0.387 e. The Balaban J connectivity index is 2.35. The molecule has 4 nitrogen and oxygen atoms in total. The molecule has 0 fully saturated rings. The SMILES string of the molecule is NCC[C@@H](O)c1cn2ccccc2n1. The van der Waals surface area contributed by atoms with Crippen LogP contribution in [0.5, 0.6) is 0 Å². The third-order valence-corrected chi connectivity index (χ3v) is 2.16. The average molecular weight is 191 g/mol. The number of aliphatic hydroxyl groups excluding tert-OH is 1. The van der Waals surface area contributed by atoms with E-state index in [0.717, 1.165) is 5.65 Å². The molecule has 74 valence electrons. The van der Waals surface area contributed by atoms with Crippen molar-refractivity contribution in [3.05, 3.63) is 36.3 Å². The van der Waals surface area contributed by atoms with Gasteiger partial charge in [0.1, 0.15) is 5.65 Å². The van der Waals surface area contributed by atoms with E-state index >= 15 is 0 Å². The first kappa shape index (κ1) is 9.18. The first-order valence-corrected chi connectivity index (χ1v) is 4.63. The van der Waals surface area contributed by atoms with Gasteiger partial charge >= 0.3 is 0 Å². The Labute approximate surface area is 82.0 Å². The highest BCUT2D eigenvalue weighted by Gasteiger charge is 2.10. The number of nitrogens with two attached hydrogens (primary N) is 1. The number of imidazole rings is 1. The van der Waals surface area contributed by atoms with Gasteiger partial charge in [-0.1, -0.05) is 6.07 Å². The van der Waals surface area contributed by atoms with E-state index in [-0.39, 0.29) is 0 Å². The van der Waals surface area contributed by atoms with Crippen LogP contribution in [0.3, 0.4) is 0 Å². The Morgan fingerprint density at radius 3 is 3.07 bits per heavy atom. The summed E-state index contributed by atoms with van der Waals surface area (Å²) in [5.41, 5.74) is 6.89. The predicted octanol–water partition coefficient (Wildman–Crippen LogP) is 0.717. The fraction of sp³-hybridized carbons (Fsp3) is 0.300. The van der Waals surface area contributed by atoms with E-state index in [1.807, 2.05) is 35.0 Å². The normalized spacial score (nSPS) is 13.3. The molecule has 0 aromatic carbocycles. The number of aliphatic hydroxyl groups is 1. The molecule has 0 aliphatic heterocycles. The van der Waals surface area contributed by atoms with Gasteiger partial charge < -0.3 is 15.2 Å². The first-order valence-electron chi connectivity index (χ1n) is 4.63. The van der Waals surface area contributed by atoms with Crippen molar-refractivity contribution >= 4 is 5.65 Å². The molecule has 1 atom stereocenters. The lowest BCUT2D eigenvalue weighted by Crippen LogP contribution is -2.06. The molecular formula is C10H13N3O. The smallest absolute Gasteiger partial charge is 0.137 e. The van der Waals surface area contributed by atoms with Gasteiger partial charge in [-0.25, -0.2) is 4.98 Å². The molecule has 14 heavy (non-hydrogen) atoms. The zero-order valence-electron chi connectivity index (χ0n) is 7.80. The zero-order valence-corrected chi connectivity index (χ0v) is 7.80. The fourth-order valence-corrected chi connectivity index (χ4v) is 1.42. The standard InChI is InChI=1S/C10H13N3O/c11-5-4-9(14)8-7-13-6-2-1-3-10(13)12-8/h1-3,6-7,9,14H,4-5,11H2/t9-/m1/s1. The summed E-state index contributed by atoms with van der Waals surface area (Å²) >= 11 is 0. The average Bonchev–Trinajstić information content (AvgIpc) is 2.61. The lowest BCUT2D eigenvalue weighted by molar-refractivity contribution is 0.166. The van der Waals surface area contributed by atoms with Gasteiger partial charge in [-0.15, -0.1) is 0 Å². The van der Waals surface area contributed by atoms with Crippen molar-refractivity contribution in [1.29, 1.82) is 0 Å². The minimum atomic E-state index is -0.556. The van der Waals surface area contributed by atoms with Crippen LogP contribution in [0.15, 0.2) is 30.6 Å². The number of hydrogen-bond acceptors (Lipinski definition) is 3. The van der Waals surface area contributed by atoms with Crippen molar-refractivity contribution in [1.82, 2.24) is 9.38 Å². The van der Waals surface area contributed by atoms with Crippen LogP contribution in [0.1, 0.15) is 18.2 Å². The van der Waals surface area contributed by atoms with Crippen molar-refractivity contribution < 1.29 is 5.11 Å². The molecule has 0 bridgehead atoms. The molecule has 2 rings (SSSR count). The minimum absolute atomic E-state index is 0.467. The summed E-state index contributed by atoms with van der Waals surface area (Å²) < 4.78 is 1.88. The molecule has 2 aromatic heterocycles. The van der Waals surface area contributed by atoms with Gasteiger partial charge in [-0.2, -0.15) is 0 Å². The number of rotatable bonds is 3. The molecular weight excluding hydrogens is 178 g/mol. The van der Waals surface area contributed by atoms with E-state index in [1.54, 1.807) is 0 Å². The van der Waals surface area contributed by atoms with E-state index in [1.165, 1.54) is 0 Å². The van der Waals surface area contributed by atoms with Crippen LogP contribution >= 0.6 is 0 Å². The molecule has 0 aliphatic rings. The Morgan fingerprint density at radius 1 is 1.50 bits per heavy atom. The van der Waals surface area contributed by atoms with E-state index < -0.39 is 6.10 Å². The highest BCUT2D eigenvalue weighted by atomic mass is 16.3. The molecule has 4 heteroatoms. The summed E-state index contributed by atoms with van der Waals surface area (Å²) in [6.07, 6.45) is 3.72. The van der Waals surface area contributed by atoms with Crippen LogP contribution in [0.25, 0.3) is 5.65 Å².